The van der Waals surface area contributed by atoms with Crippen LogP contribution >= 0.6 is 15.9 Å². The fourth-order valence-electron chi connectivity index (χ4n) is 2.81. The van der Waals surface area contributed by atoms with E-state index in [1.807, 2.05) is 0 Å². The van der Waals surface area contributed by atoms with Gasteiger partial charge in [-0.3, -0.25) is 0 Å². The van der Waals surface area contributed by atoms with Crippen LogP contribution in [0.4, 0.5) is 0 Å². The molecule has 0 aliphatic carbocycles. The molecule has 0 bridgehead atoms. The monoisotopic (exact) mass is 345 g/mol. The average molecular weight is 346 g/mol. The molecule has 2 heteroatoms. The largest absolute Gasteiger partial charge is 0.306 e. The first-order chi connectivity index (χ1) is 10.2. The van der Waals surface area contributed by atoms with E-state index < -0.39 is 0 Å². The van der Waals surface area contributed by atoms with Gasteiger partial charge in [0.1, 0.15) is 0 Å². The first-order valence-electron chi connectivity index (χ1n) is 7.77. The van der Waals surface area contributed by atoms with Crippen molar-refractivity contribution in [3.63, 3.8) is 0 Å². The van der Waals surface area contributed by atoms with Crippen molar-refractivity contribution in [1.29, 1.82) is 0 Å². The van der Waals surface area contributed by atoms with E-state index in [2.05, 4.69) is 89.7 Å². The summed E-state index contributed by atoms with van der Waals surface area (Å²) in [4.78, 5) is 0. The standard InChI is InChI=1S/C19H24BrN/c1-3-16(4-2)19(17-8-6-5-7-9-17)21-14-15-10-12-18(20)13-11-15/h5-13,16,19,21H,3-4,14H2,1-2H3. The van der Waals surface area contributed by atoms with E-state index in [1.54, 1.807) is 0 Å². The topological polar surface area (TPSA) is 12.0 Å². The van der Waals surface area contributed by atoms with Crippen LogP contribution in [0.5, 0.6) is 0 Å². The maximum absolute atomic E-state index is 3.76. The third kappa shape index (κ3) is 4.69. The summed E-state index contributed by atoms with van der Waals surface area (Å²) in [6.45, 7) is 5.47. The highest BCUT2D eigenvalue weighted by Crippen LogP contribution is 2.27. The number of hydrogen-bond acceptors (Lipinski definition) is 1. The van der Waals surface area contributed by atoms with E-state index in [-0.39, 0.29) is 0 Å². The summed E-state index contributed by atoms with van der Waals surface area (Å²) < 4.78 is 1.13. The molecule has 0 fully saturated rings. The molecule has 112 valence electrons. The van der Waals surface area contributed by atoms with Crippen molar-refractivity contribution < 1.29 is 0 Å². The maximum Gasteiger partial charge on any atom is 0.0351 e. The Morgan fingerprint density at radius 2 is 1.52 bits per heavy atom. The van der Waals surface area contributed by atoms with E-state index >= 15 is 0 Å². The molecule has 0 radical (unpaired) electrons. The Labute approximate surface area is 136 Å². The van der Waals surface area contributed by atoms with Gasteiger partial charge in [0.15, 0.2) is 0 Å². The van der Waals surface area contributed by atoms with Gasteiger partial charge in [-0.05, 0) is 29.2 Å². The van der Waals surface area contributed by atoms with Crippen molar-refractivity contribution in [2.45, 2.75) is 39.3 Å². The number of hydrogen-bond donors (Lipinski definition) is 1. The minimum absolute atomic E-state index is 0.421. The average Bonchev–Trinajstić information content (AvgIpc) is 2.54. The minimum atomic E-state index is 0.421. The van der Waals surface area contributed by atoms with Crippen LogP contribution in [0.3, 0.4) is 0 Å². The number of halogens is 1. The molecular weight excluding hydrogens is 322 g/mol. The molecule has 0 saturated carbocycles. The summed E-state index contributed by atoms with van der Waals surface area (Å²) in [5.74, 6) is 0.669. The normalized spacial score (nSPS) is 12.6. The lowest BCUT2D eigenvalue weighted by Crippen LogP contribution is -2.27. The van der Waals surface area contributed by atoms with Crippen LogP contribution in [-0.2, 0) is 6.54 Å². The van der Waals surface area contributed by atoms with Crippen LogP contribution in [0, 0.1) is 5.92 Å². The SMILES string of the molecule is CCC(CC)C(NCc1ccc(Br)cc1)c1ccccc1. The molecule has 2 aromatic carbocycles. The van der Waals surface area contributed by atoms with Crippen molar-refractivity contribution in [3.8, 4) is 0 Å². The smallest absolute Gasteiger partial charge is 0.0351 e. The molecule has 1 unspecified atom stereocenters. The summed E-state index contributed by atoms with van der Waals surface area (Å²) in [7, 11) is 0. The molecule has 0 spiro atoms. The first kappa shape index (κ1) is 16.3. The minimum Gasteiger partial charge on any atom is -0.306 e. The van der Waals surface area contributed by atoms with Gasteiger partial charge in [-0.25, -0.2) is 0 Å². The van der Waals surface area contributed by atoms with Gasteiger partial charge in [-0.15, -0.1) is 0 Å². The molecule has 0 amide bonds. The van der Waals surface area contributed by atoms with E-state index in [9.17, 15) is 0 Å². The van der Waals surface area contributed by atoms with E-state index in [4.69, 9.17) is 0 Å². The Balaban J connectivity index is 2.10. The van der Waals surface area contributed by atoms with Crippen molar-refractivity contribution >= 4 is 15.9 Å². The zero-order chi connectivity index (χ0) is 15.1. The van der Waals surface area contributed by atoms with Crippen molar-refractivity contribution in [3.05, 3.63) is 70.2 Å². The third-order valence-corrected chi connectivity index (χ3v) is 4.65. The zero-order valence-electron chi connectivity index (χ0n) is 12.9. The van der Waals surface area contributed by atoms with Gasteiger partial charge in [0.2, 0.25) is 0 Å². The van der Waals surface area contributed by atoms with Crippen LogP contribution in [0.2, 0.25) is 0 Å². The Bertz CT molecular complexity index is 517. The van der Waals surface area contributed by atoms with Crippen LogP contribution < -0.4 is 5.32 Å². The molecule has 0 heterocycles. The van der Waals surface area contributed by atoms with Crippen LogP contribution in [-0.4, -0.2) is 0 Å². The fourth-order valence-corrected chi connectivity index (χ4v) is 3.07. The lowest BCUT2D eigenvalue weighted by Gasteiger charge is -2.27. The molecule has 0 aromatic heterocycles. The van der Waals surface area contributed by atoms with Gasteiger partial charge in [-0.1, -0.05) is 85.1 Å². The second-order valence-electron chi connectivity index (χ2n) is 5.47. The van der Waals surface area contributed by atoms with Gasteiger partial charge < -0.3 is 5.32 Å². The highest BCUT2D eigenvalue weighted by molar-refractivity contribution is 9.10. The third-order valence-electron chi connectivity index (χ3n) is 4.12. The molecule has 2 rings (SSSR count). The first-order valence-corrected chi connectivity index (χ1v) is 8.56. The van der Waals surface area contributed by atoms with Gasteiger partial charge in [0.05, 0.1) is 0 Å². The summed E-state index contributed by atoms with van der Waals surface area (Å²) >= 11 is 3.49. The molecular formula is C19H24BrN. The Morgan fingerprint density at radius 1 is 0.905 bits per heavy atom. The van der Waals surface area contributed by atoms with Crippen molar-refractivity contribution in [2.75, 3.05) is 0 Å². The summed E-state index contributed by atoms with van der Waals surface area (Å²) in [5.41, 5.74) is 2.72. The zero-order valence-corrected chi connectivity index (χ0v) is 14.4. The predicted octanol–water partition coefficient (Wildman–Crippen LogP) is 5.72. The van der Waals surface area contributed by atoms with Gasteiger partial charge in [-0.2, -0.15) is 0 Å². The Hall–Kier alpha value is -1.12. The molecule has 0 aliphatic rings. The van der Waals surface area contributed by atoms with E-state index in [0.29, 0.717) is 12.0 Å². The summed E-state index contributed by atoms with van der Waals surface area (Å²) in [5, 5.41) is 3.76. The van der Waals surface area contributed by atoms with Gasteiger partial charge >= 0.3 is 0 Å². The van der Waals surface area contributed by atoms with Crippen LogP contribution in [0.15, 0.2) is 59.1 Å². The molecule has 1 N–H and O–H groups in total. The number of nitrogens with one attached hydrogen (secondary N) is 1. The van der Waals surface area contributed by atoms with Gasteiger partial charge in [0.25, 0.3) is 0 Å². The van der Waals surface area contributed by atoms with E-state index in [1.165, 1.54) is 24.0 Å². The highest BCUT2D eigenvalue weighted by Gasteiger charge is 2.19. The lowest BCUT2D eigenvalue weighted by atomic mass is 9.88. The predicted molar refractivity (Wildman–Crippen MR) is 94.2 cm³/mol. The Morgan fingerprint density at radius 3 is 2.10 bits per heavy atom. The molecule has 1 nitrogen and oxygen atoms in total. The summed E-state index contributed by atoms with van der Waals surface area (Å²) in [6, 6.07) is 19.8. The maximum atomic E-state index is 3.76. The summed E-state index contributed by atoms with van der Waals surface area (Å²) in [6.07, 6.45) is 2.40. The quantitative estimate of drug-likeness (QED) is 0.676. The number of rotatable bonds is 7. The molecule has 2 aromatic rings. The molecule has 0 saturated heterocycles. The molecule has 21 heavy (non-hydrogen) atoms. The second kappa shape index (κ2) is 8.35. The molecule has 0 aliphatic heterocycles. The van der Waals surface area contributed by atoms with E-state index in [0.717, 1.165) is 11.0 Å². The van der Waals surface area contributed by atoms with Crippen molar-refractivity contribution in [1.82, 2.24) is 5.32 Å². The fraction of sp³-hybridized carbons (Fsp3) is 0.368. The second-order valence-corrected chi connectivity index (χ2v) is 6.39. The Kier molecular flexibility index (Phi) is 6.47. The molecule has 1 atom stereocenters. The highest BCUT2D eigenvalue weighted by atomic mass is 79.9. The van der Waals surface area contributed by atoms with Crippen LogP contribution in [0.25, 0.3) is 0 Å². The number of benzene rings is 2. The van der Waals surface area contributed by atoms with Crippen molar-refractivity contribution in [2.24, 2.45) is 5.92 Å². The lowest BCUT2D eigenvalue weighted by molar-refractivity contribution is 0.339. The van der Waals surface area contributed by atoms with Gasteiger partial charge in [0, 0.05) is 17.1 Å². The van der Waals surface area contributed by atoms with Crippen LogP contribution in [0.1, 0.15) is 43.9 Å².